The zero-order chi connectivity index (χ0) is 17.8. The Morgan fingerprint density at radius 2 is 2.20 bits per heavy atom. The number of ether oxygens (including phenoxy) is 1. The summed E-state index contributed by atoms with van der Waals surface area (Å²) in [6, 6.07) is 8.79. The second kappa shape index (κ2) is 7.29. The molecule has 0 saturated carbocycles. The molecule has 2 N–H and O–H groups in total. The summed E-state index contributed by atoms with van der Waals surface area (Å²) < 4.78 is 16.3. The lowest BCUT2D eigenvalue weighted by Crippen LogP contribution is -2.36. The van der Waals surface area contributed by atoms with Gasteiger partial charge in [-0.2, -0.15) is 0 Å². The third-order valence-corrected chi connectivity index (χ3v) is 3.91. The van der Waals surface area contributed by atoms with Crippen molar-refractivity contribution in [1.82, 2.24) is 15.8 Å². The minimum Gasteiger partial charge on any atom is -0.493 e. The maximum Gasteiger partial charge on any atom is 0.315 e. The largest absolute Gasteiger partial charge is 0.493 e. The molecule has 0 aliphatic carbocycles. The lowest BCUT2D eigenvalue weighted by Gasteiger charge is -2.11. The van der Waals surface area contributed by atoms with Crippen LogP contribution in [0.5, 0.6) is 5.75 Å². The zero-order valence-electron chi connectivity index (χ0n) is 14.5. The summed E-state index contributed by atoms with van der Waals surface area (Å²) in [5.41, 5.74) is 1.53. The van der Waals surface area contributed by atoms with Crippen LogP contribution >= 0.6 is 0 Å². The molecule has 7 heteroatoms. The third-order valence-electron chi connectivity index (χ3n) is 3.91. The highest BCUT2D eigenvalue weighted by molar-refractivity contribution is 5.84. The number of urea groups is 1. The molecule has 0 bridgehead atoms. The number of para-hydroxylation sites is 1. The van der Waals surface area contributed by atoms with Gasteiger partial charge in [-0.15, -0.1) is 0 Å². The van der Waals surface area contributed by atoms with Gasteiger partial charge in [0.15, 0.2) is 17.1 Å². The Kier molecular flexibility index (Phi) is 4.92. The fourth-order valence-electron chi connectivity index (χ4n) is 2.52. The lowest BCUT2D eigenvalue weighted by molar-refractivity contribution is 0.234. The number of rotatable bonds is 6. The van der Waals surface area contributed by atoms with E-state index in [9.17, 15) is 4.79 Å². The van der Waals surface area contributed by atoms with Crippen LogP contribution in [0.2, 0.25) is 0 Å². The van der Waals surface area contributed by atoms with E-state index in [0.29, 0.717) is 22.9 Å². The van der Waals surface area contributed by atoms with Crippen molar-refractivity contribution in [1.29, 1.82) is 0 Å². The van der Waals surface area contributed by atoms with E-state index >= 15 is 0 Å². The molecule has 1 atom stereocenters. The molecule has 0 unspecified atom stereocenters. The molecule has 2 heterocycles. The number of benzene rings is 1. The first-order valence-electron chi connectivity index (χ1n) is 8.16. The Bertz CT molecular complexity index is 868. The number of carbonyl (C=O) groups excluding carboxylic acids is 1. The summed E-state index contributed by atoms with van der Waals surface area (Å²) in [4.78, 5) is 12.1. The van der Waals surface area contributed by atoms with Gasteiger partial charge >= 0.3 is 6.03 Å². The molecule has 3 rings (SSSR count). The van der Waals surface area contributed by atoms with Gasteiger partial charge in [0.25, 0.3) is 0 Å². The van der Waals surface area contributed by atoms with E-state index in [1.807, 2.05) is 44.2 Å². The maximum absolute atomic E-state index is 12.1. The zero-order valence-corrected chi connectivity index (χ0v) is 14.5. The van der Waals surface area contributed by atoms with Crippen molar-refractivity contribution in [2.75, 3.05) is 7.11 Å². The van der Waals surface area contributed by atoms with Crippen molar-refractivity contribution in [3.63, 3.8) is 0 Å². The van der Waals surface area contributed by atoms with Gasteiger partial charge in [-0.1, -0.05) is 24.2 Å². The van der Waals surface area contributed by atoms with Crippen molar-refractivity contribution in [3.8, 4) is 5.75 Å². The predicted molar refractivity (Wildman–Crippen MR) is 92.4 cm³/mol. The smallest absolute Gasteiger partial charge is 0.315 e. The van der Waals surface area contributed by atoms with Crippen LogP contribution in [-0.2, 0) is 13.0 Å². The fourth-order valence-corrected chi connectivity index (χ4v) is 2.52. The molecule has 3 aromatic rings. The molecule has 2 amide bonds. The summed E-state index contributed by atoms with van der Waals surface area (Å²) in [5.74, 6) is 1.94. The van der Waals surface area contributed by atoms with Gasteiger partial charge in [0.2, 0.25) is 0 Å². The molecule has 0 spiro atoms. The first-order chi connectivity index (χ1) is 12.1. The maximum atomic E-state index is 12.1. The highest BCUT2D eigenvalue weighted by Gasteiger charge is 2.16. The second-order valence-corrected chi connectivity index (χ2v) is 5.71. The quantitative estimate of drug-likeness (QED) is 0.714. The Balaban J connectivity index is 1.61. The molecule has 25 heavy (non-hydrogen) atoms. The van der Waals surface area contributed by atoms with Crippen molar-refractivity contribution in [3.05, 3.63) is 47.5 Å². The number of amides is 2. The topological polar surface area (TPSA) is 89.5 Å². The van der Waals surface area contributed by atoms with Crippen LogP contribution in [0, 0.1) is 0 Å². The number of fused-ring (bicyclic) bond motifs is 1. The van der Waals surface area contributed by atoms with Crippen molar-refractivity contribution in [2.45, 2.75) is 32.9 Å². The highest BCUT2D eigenvalue weighted by atomic mass is 16.5. The second-order valence-electron chi connectivity index (χ2n) is 5.71. The van der Waals surface area contributed by atoms with Crippen LogP contribution in [0.4, 0.5) is 4.79 Å². The Morgan fingerprint density at radius 1 is 1.36 bits per heavy atom. The molecule has 7 nitrogen and oxygen atoms in total. The molecule has 0 aliphatic heterocycles. The summed E-state index contributed by atoms with van der Waals surface area (Å²) >= 11 is 0. The van der Waals surface area contributed by atoms with E-state index in [0.717, 1.165) is 17.5 Å². The van der Waals surface area contributed by atoms with Gasteiger partial charge in [0.1, 0.15) is 5.76 Å². The van der Waals surface area contributed by atoms with E-state index in [-0.39, 0.29) is 18.6 Å². The number of hydrogen-bond acceptors (Lipinski definition) is 5. The number of furan rings is 1. The molecular formula is C18H21N3O4. The minimum atomic E-state index is -0.311. The molecule has 0 radical (unpaired) electrons. The number of methoxy groups -OCH3 is 1. The number of nitrogens with one attached hydrogen (secondary N) is 2. The van der Waals surface area contributed by atoms with Gasteiger partial charge < -0.3 is 24.3 Å². The number of carbonyl (C=O) groups is 1. The lowest BCUT2D eigenvalue weighted by atomic mass is 10.2. The number of aromatic nitrogens is 1. The summed E-state index contributed by atoms with van der Waals surface area (Å²) in [6.45, 7) is 4.12. The van der Waals surface area contributed by atoms with Crippen LogP contribution in [-0.4, -0.2) is 18.3 Å². The predicted octanol–water partition coefficient (Wildman–Crippen LogP) is 3.55. The van der Waals surface area contributed by atoms with Crippen LogP contribution in [0.25, 0.3) is 11.0 Å². The van der Waals surface area contributed by atoms with Gasteiger partial charge in [0.05, 0.1) is 25.4 Å². The van der Waals surface area contributed by atoms with Gasteiger partial charge in [0, 0.05) is 11.5 Å². The minimum absolute atomic E-state index is 0.277. The van der Waals surface area contributed by atoms with E-state index < -0.39 is 0 Å². The van der Waals surface area contributed by atoms with Crippen molar-refractivity contribution in [2.24, 2.45) is 0 Å². The Morgan fingerprint density at radius 3 is 2.92 bits per heavy atom. The van der Waals surface area contributed by atoms with Gasteiger partial charge in [-0.3, -0.25) is 0 Å². The Hall–Kier alpha value is -2.96. The SMILES string of the molecule is CCc1cc(CNC(=O)N[C@@H](C)c2cc3cccc(OC)c3o2)on1. The van der Waals surface area contributed by atoms with Crippen LogP contribution in [0.1, 0.15) is 37.1 Å². The van der Waals surface area contributed by atoms with Crippen molar-refractivity contribution < 1.29 is 18.5 Å². The first kappa shape index (κ1) is 16.9. The summed E-state index contributed by atoms with van der Waals surface area (Å²) in [7, 11) is 1.60. The Labute approximate surface area is 145 Å². The molecular weight excluding hydrogens is 322 g/mol. The normalized spacial score (nSPS) is 12.1. The van der Waals surface area contributed by atoms with Gasteiger partial charge in [-0.05, 0) is 25.5 Å². The van der Waals surface area contributed by atoms with Crippen LogP contribution < -0.4 is 15.4 Å². The molecule has 0 aliphatic rings. The van der Waals surface area contributed by atoms with Crippen LogP contribution in [0.15, 0.2) is 39.3 Å². The summed E-state index contributed by atoms with van der Waals surface area (Å²) in [5, 5.41) is 10.4. The monoisotopic (exact) mass is 343 g/mol. The van der Waals surface area contributed by atoms with E-state index in [1.54, 1.807) is 7.11 Å². The molecule has 132 valence electrons. The fraction of sp³-hybridized carbons (Fsp3) is 0.333. The van der Waals surface area contributed by atoms with Crippen molar-refractivity contribution >= 4 is 17.0 Å². The number of aryl methyl sites for hydroxylation is 1. The number of hydrogen-bond donors (Lipinski definition) is 2. The highest BCUT2D eigenvalue weighted by Crippen LogP contribution is 2.30. The van der Waals surface area contributed by atoms with E-state index in [1.165, 1.54) is 0 Å². The van der Waals surface area contributed by atoms with E-state index in [4.69, 9.17) is 13.7 Å². The molecule has 0 saturated heterocycles. The number of nitrogens with zero attached hydrogens (tertiary/aromatic N) is 1. The molecule has 1 aromatic carbocycles. The standard InChI is InChI=1S/C18H21N3O4/c1-4-13-9-14(25-21-13)10-19-18(22)20-11(2)16-8-12-6-5-7-15(23-3)17(12)24-16/h5-9,11H,4,10H2,1-3H3,(H2,19,20,22)/t11-/m0/s1. The molecule has 2 aromatic heterocycles. The molecule has 0 fully saturated rings. The third kappa shape index (κ3) is 3.76. The van der Waals surface area contributed by atoms with Crippen LogP contribution in [0.3, 0.4) is 0 Å². The summed E-state index contributed by atoms with van der Waals surface area (Å²) in [6.07, 6.45) is 0.794. The van der Waals surface area contributed by atoms with E-state index in [2.05, 4.69) is 15.8 Å². The van der Waals surface area contributed by atoms with Gasteiger partial charge in [-0.25, -0.2) is 4.79 Å². The average molecular weight is 343 g/mol. The first-order valence-corrected chi connectivity index (χ1v) is 8.16. The average Bonchev–Trinajstić information content (AvgIpc) is 3.26.